The van der Waals surface area contributed by atoms with Crippen molar-refractivity contribution in [1.29, 1.82) is 0 Å². The molecule has 0 bridgehead atoms. The average Bonchev–Trinajstić information content (AvgIpc) is 2.69. The lowest BCUT2D eigenvalue weighted by atomic mass is 9.90. The molecule has 3 heterocycles. The fourth-order valence-corrected chi connectivity index (χ4v) is 4.44. The van der Waals surface area contributed by atoms with Gasteiger partial charge in [-0.3, -0.25) is 19.8 Å². The van der Waals surface area contributed by atoms with E-state index in [9.17, 15) is 9.59 Å². The van der Waals surface area contributed by atoms with E-state index in [1.54, 1.807) is 0 Å². The molecule has 0 aromatic heterocycles. The Bertz CT molecular complexity index is 664. The molecule has 2 atom stereocenters. The first kappa shape index (κ1) is 17.5. The van der Waals surface area contributed by atoms with Crippen LogP contribution in [0.1, 0.15) is 37.2 Å². The molecule has 0 saturated carbocycles. The maximum absolute atomic E-state index is 12.2. The van der Waals surface area contributed by atoms with Gasteiger partial charge in [-0.1, -0.05) is 12.1 Å². The molecule has 3 saturated heterocycles. The van der Waals surface area contributed by atoms with Crippen molar-refractivity contribution in [2.45, 2.75) is 37.6 Å². The highest BCUT2D eigenvalue weighted by molar-refractivity contribution is 6.01. The van der Waals surface area contributed by atoms with Crippen LogP contribution in [0.4, 0.5) is 5.69 Å². The number of amides is 2. The van der Waals surface area contributed by atoms with E-state index >= 15 is 0 Å². The van der Waals surface area contributed by atoms with Crippen molar-refractivity contribution in [2.24, 2.45) is 0 Å². The van der Waals surface area contributed by atoms with Gasteiger partial charge < -0.3 is 10.2 Å². The normalized spacial score (nSPS) is 28.1. The zero-order valence-electron chi connectivity index (χ0n) is 15.2. The largest absolute Gasteiger partial charge is 0.369 e. The number of hydrogen-bond acceptors (Lipinski definition) is 5. The molecule has 6 heteroatoms. The second kappa shape index (κ2) is 7.76. The van der Waals surface area contributed by atoms with Crippen LogP contribution in [0.25, 0.3) is 0 Å². The molecule has 2 N–H and O–H groups in total. The second-order valence-electron chi connectivity index (χ2n) is 7.62. The van der Waals surface area contributed by atoms with Crippen LogP contribution in [0.3, 0.4) is 0 Å². The summed E-state index contributed by atoms with van der Waals surface area (Å²) < 4.78 is 0. The molecule has 3 aliphatic rings. The first-order valence-electron chi connectivity index (χ1n) is 9.84. The summed E-state index contributed by atoms with van der Waals surface area (Å²) in [7, 11) is 0. The van der Waals surface area contributed by atoms with E-state index in [4.69, 9.17) is 0 Å². The van der Waals surface area contributed by atoms with Gasteiger partial charge in [-0.15, -0.1) is 0 Å². The number of nitrogens with zero attached hydrogens (tertiary/aromatic N) is 2. The monoisotopic (exact) mass is 356 g/mol. The molecule has 3 aliphatic heterocycles. The quantitative estimate of drug-likeness (QED) is 0.794. The minimum absolute atomic E-state index is 0.157. The third-order valence-electron chi connectivity index (χ3n) is 5.98. The molecule has 26 heavy (non-hydrogen) atoms. The zero-order chi connectivity index (χ0) is 17.9. The molecule has 0 radical (unpaired) electrons. The van der Waals surface area contributed by atoms with Crippen LogP contribution in [-0.2, 0) is 9.59 Å². The third kappa shape index (κ3) is 3.76. The molecule has 1 aromatic rings. The molecule has 2 amide bonds. The summed E-state index contributed by atoms with van der Waals surface area (Å²) in [5, 5.41) is 5.97. The highest BCUT2D eigenvalue weighted by Gasteiger charge is 2.29. The Morgan fingerprint density at radius 3 is 2.62 bits per heavy atom. The highest BCUT2D eigenvalue weighted by Crippen LogP contribution is 2.28. The van der Waals surface area contributed by atoms with E-state index in [0.717, 1.165) is 44.8 Å². The first-order chi connectivity index (χ1) is 12.7. The molecule has 4 rings (SSSR count). The number of hydrogen-bond donors (Lipinski definition) is 2. The minimum atomic E-state index is -0.206. The fourth-order valence-electron chi connectivity index (χ4n) is 4.44. The van der Waals surface area contributed by atoms with E-state index in [0.29, 0.717) is 18.9 Å². The molecule has 2 unspecified atom stereocenters. The van der Waals surface area contributed by atoms with Gasteiger partial charge in [-0.05, 0) is 43.5 Å². The SMILES string of the molecule is O=C1CCC(c2cccc(N3CCN(C4CCCNC4)CC3)c2)C(=O)N1. The maximum Gasteiger partial charge on any atom is 0.234 e. The lowest BCUT2D eigenvalue weighted by Gasteiger charge is -2.41. The van der Waals surface area contributed by atoms with Gasteiger partial charge in [0, 0.05) is 50.9 Å². The Labute approximate surface area is 154 Å². The summed E-state index contributed by atoms with van der Waals surface area (Å²) >= 11 is 0. The van der Waals surface area contributed by atoms with Crippen LogP contribution >= 0.6 is 0 Å². The zero-order valence-corrected chi connectivity index (χ0v) is 15.2. The smallest absolute Gasteiger partial charge is 0.234 e. The summed E-state index contributed by atoms with van der Waals surface area (Å²) in [6, 6.07) is 8.99. The van der Waals surface area contributed by atoms with Crippen molar-refractivity contribution in [3.63, 3.8) is 0 Å². The number of carbonyl (C=O) groups is 2. The van der Waals surface area contributed by atoms with Crippen molar-refractivity contribution in [1.82, 2.24) is 15.5 Å². The average molecular weight is 356 g/mol. The Morgan fingerprint density at radius 2 is 1.88 bits per heavy atom. The first-order valence-corrected chi connectivity index (χ1v) is 9.84. The molecule has 0 spiro atoms. The molecule has 6 nitrogen and oxygen atoms in total. The molecule has 1 aromatic carbocycles. The number of piperidine rings is 2. The topological polar surface area (TPSA) is 64.7 Å². The van der Waals surface area contributed by atoms with Crippen LogP contribution in [0.5, 0.6) is 0 Å². The van der Waals surface area contributed by atoms with Gasteiger partial charge in [0.05, 0.1) is 5.92 Å². The van der Waals surface area contributed by atoms with Crippen LogP contribution in [-0.4, -0.2) is 62.0 Å². The molecule has 3 fully saturated rings. The number of anilines is 1. The number of nitrogens with one attached hydrogen (secondary N) is 2. The van der Waals surface area contributed by atoms with Gasteiger partial charge in [0.15, 0.2) is 0 Å². The number of carbonyl (C=O) groups excluding carboxylic acids is 2. The van der Waals surface area contributed by atoms with Gasteiger partial charge >= 0.3 is 0 Å². The van der Waals surface area contributed by atoms with E-state index in [1.165, 1.54) is 18.5 Å². The van der Waals surface area contributed by atoms with E-state index in [2.05, 4.69) is 32.6 Å². The predicted molar refractivity (Wildman–Crippen MR) is 101 cm³/mol. The standard InChI is InChI=1S/C20H28N4O2/c25-19-7-6-18(20(26)22-19)15-3-1-4-16(13-15)23-9-11-24(12-10-23)17-5-2-8-21-14-17/h1,3-4,13,17-18,21H,2,5-12,14H2,(H,22,25,26). The van der Waals surface area contributed by atoms with E-state index in [-0.39, 0.29) is 17.7 Å². The molecule has 0 aliphatic carbocycles. The van der Waals surface area contributed by atoms with Crippen LogP contribution in [0, 0.1) is 0 Å². The summed E-state index contributed by atoms with van der Waals surface area (Å²) in [5.41, 5.74) is 2.21. The Hall–Kier alpha value is -1.92. The van der Waals surface area contributed by atoms with Crippen LogP contribution in [0.15, 0.2) is 24.3 Å². The predicted octanol–water partition coefficient (Wildman–Crippen LogP) is 1.08. The lowest BCUT2D eigenvalue weighted by Crippen LogP contribution is -2.54. The van der Waals surface area contributed by atoms with Crippen molar-refractivity contribution in [3.8, 4) is 0 Å². The number of benzene rings is 1. The summed E-state index contributed by atoms with van der Waals surface area (Å²) in [5.74, 6) is -0.522. The second-order valence-corrected chi connectivity index (χ2v) is 7.62. The molecule has 140 valence electrons. The summed E-state index contributed by atoms with van der Waals surface area (Å²) in [6.45, 7) is 6.50. The van der Waals surface area contributed by atoms with Gasteiger partial charge in [-0.2, -0.15) is 0 Å². The third-order valence-corrected chi connectivity index (χ3v) is 5.98. The Balaban J connectivity index is 1.39. The highest BCUT2D eigenvalue weighted by atomic mass is 16.2. The van der Waals surface area contributed by atoms with Gasteiger partial charge in [0.1, 0.15) is 0 Å². The van der Waals surface area contributed by atoms with Crippen molar-refractivity contribution in [2.75, 3.05) is 44.2 Å². The van der Waals surface area contributed by atoms with E-state index in [1.807, 2.05) is 12.1 Å². The minimum Gasteiger partial charge on any atom is -0.369 e. The van der Waals surface area contributed by atoms with Crippen molar-refractivity contribution in [3.05, 3.63) is 29.8 Å². The van der Waals surface area contributed by atoms with Crippen molar-refractivity contribution >= 4 is 17.5 Å². The molecular weight excluding hydrogens is 328 g/mol. The molecular formula is C20H28N4O2. The van der Waals surface area contributed by atoms with E-state index < -0.39 is 0 Å². The van der Waals surface area contributed by atoms with Gasteiger partial charge in [0.2, 0.25) is 11.8 Å². The lowest BCUT2D eigenvalue weighted by molar-refractivity contribution is -0.134. The van der Waals surface area contributed by atoms with Crippen LogP contribution in [0.2, 0.25) is 0 Å². The maximum atomic E-state index is 12.2. The van der Waals surface area contributed by atoms with Gasteiger partial charge in [0.25, 0.3) is 0 Å². The Morgan fingerprint density at radius 1 is 1.04 bits per heavy atom. The summed E-state index contributed by atoms with van der Waals surface area (Å²) in [4.78, 5) is 28.6. The fraction of sp³-hybridized carbons (Fsp3) is 0.600. The number of piperazine rings is 1. The van der Waals surface area contributed by atoms with Gasteiger partial charge in [-0.25, -0.2) is 0 Å². The summed E-state index contributed by atoms with van der Waals surface area (Å²) in [6.07, 6.45) is 3.61. The van der Waals surface area contributed by atoms with Crippen molar-refractivity contribution < 1.29 is 9.59 Å². The number of rotatable bonds is 3. The van der Waals surface area contributed by atoms with Crippen LogP contribution < -0.4 is 15.5 Å². The number of imide groups is 1. The Kier molecular flexibility index (Phi) is 5.22.